The molecule has 2 heterocycles. The van der Waals surface area contributed by atoms with Crippen LogP contribution in [0.4, 0.5) is 0 Å². The van der Waals surface area contributed by atoms with Crippen LogP contribution in [0.3, 0.4) is 0 Å². The molecule has 0 spiro atoms. The summed E-state index contributed by atoms with van der Waals surface area (Å²) in [5.74, 6) is 2.87. The molecule has 152 valence electrons. The van der Waals surface area contributed by atoms with Crippen LogP contribution in [0.2, 0.25) is 0 Å². The molecule has 2 aliphatic heterocycles. The number of ether oxygens (including phenoxy) is 4. The van der Waals surface area contributed by atoms with E-state index >= 15 is 0 Å². The number of nitrogens with zero attached hydrogens (tertiary/aromatic N) is 1. The lowest BCUT2D eigenvalue weighted by Crippen LogP contribution is -2.37. The molecule has 1 atom stereocenters. The average Bonchev–Trinajstić information content (AvgIpc) is 3.32. The Morgan fingerprint density at radius 2 is 2.22 bits per heavy atom. The average molecular weight is 556 g/mol. The molecule has 0 aromatic heterocycles. The Labute approximate surface area is 185 Å². The number of benzene rings is 1. The minimum atomic E-state index is 0. The van der Waals surface area contributed by atoms with Gasteiger partial charge in [0.1, 0.15) is 0 Å². The molecule has 0 aliphatic carbocycles. The normalized spacial score (nSPS) is 18.3. The van der Waals surface area contributed by atoms with Crippen LogP contribution in [0.25, 0.3) is 0 Å². The molecular weight excluding hydrogens is 529 g/mol. The van der Waals surface area contributed by atoms with E-state index in [4.69, 9.17) is 18.9 Å². The zero-order valence-electron chi connectivity index (χ0n) is 15.5. The van der Waals surface area contributed by atoms with Gasteiger partial charge in [-0.1, -0.05) is 0 Å². The molecular formula is C18H27BrIN3O4. The first kappa shape index (κ1) is 22.5. The summed E-state index contributed by atoms with van der Waals surface area (Å²) in [5.41, 5.74) is 1.09. The van der Waals surface area contributed by atoms with E-state index in [1.165, 1.54) is 0 Å². The van der Waals surface area contributed by atoms with E-state index in [2.05, 4.69) is 31.6 Å². The Bertz CT molecular complexity index is 627. The van der Waals surface area contributed by atoms with Gasteiger partial charge in [-0.05, 0) is 46.5 Å². The smallest absolute Gasteiger partial charge is 0.231 e. The van der Waals surface area contributed by atoms with Crippen LogP contribution in [0.5, 0.6) is 11.5 Å². The molecule has 27 heavy (non-hydrogen) atoms. The third-order valence-corrected chi connectivity index (χ3v) is 4.90. The van der Waals surface area contributed by atoms with Crippen molar-refractivity contribution in [2.45, 2.75) is 19.4 Å². The molecule has 0 bridgehead atoms. The van der Waals surface area contributed by atoms with E-state index in [0.717, 1.165) is 73.3 Å². The number of aliphatic imine (C=N–C) groups is 1. The fourth-order valence-electron chi connectivity index (χ4n) is 2.88. The topological polar surface area (TPSA) is 73.3 Å². The Hall–Kier alpha value is -0.780. The van der Waals surface area contributed by atoms with Crippen molar-refractivity contribution in [3.8, 4) is 11.5 Å². The van der Waals surface area contributed by atoms with Crippen LogP contribution < -0.4 is 20.1 Å². The van der Waals surface area contributed by atoms with Gasteiger partial charge in [-0.15, -0.1) is 24.0 Å². The first-order valence-electron chi connectivity index (χ1n) is 8.94. The molecule has 1 fully saturated rings. The lowest BCUT2D eigenvalue weighted by Gasteiger charge is -2.13. The molecule has 1 saturated heterocycles. The van der Waals surface area contributed by atoms with Crippen LogP contribution in [-0.4, -0.2) is 52.8 Å². The van der Waals surface area contributed by atoms with Gasteiger partial charge in [0, 0.05) is 39.3 Å². The molecule has 0 amide bonds. The minimum absolute atomic E-state index is 0. The molecule has 2 aliphatic rings. The van der Waals surface area contributed by atoms with Gasteiger partial charge >= 0.3 is 0 Å². The molecule has 1 aromatic rings. The predicted molar refractivity (Wildman–Crippen MR) is 118 cm³/mol. The summed E-state index contributed by atoms with van der Waals surface area (Å²) < 4.78 is 22.8. The second kappa shape index (κ2) is 11.9. The van der Waals surface area contributed by atoms with Crippen LogP contribution >= 0.6 is 39.9 Å². The summed E-state index contributed by atoms with van der Waals surface area (Å²) in [6.45, 7) is 4.98. The number of fused-ring (bicyclic) bond motifs is 1. The van der Waals surface area contributed by atoms with Crippen molar-refractivity contribution in [3.05, 3.63) is 22.2 Å². The molecule has 0 saturated carbocycles. The predicted octanol–water partition coefficient (Wildman–Crippen LogP) is 2.90. The zero-order chi connectivity index (χ0) is 18.2. The van der Waals surface area contributed by atoms with Gasteiger partial charge in [0.2, 0.25) is 6.79 Å². The summed E-state index contributed by atoms with van der Waals surface area (Å²) in [4.78, 5) is 4.25. The Morgan fingerprint density at radius 3 is 3.00 bits per heavy atom. The summed E-state index contributed by atoms with van der Waals surface area (Å²) in [6.07, 6.45) is 2.05. The number of rotatable bonds is 8. The van der Waals surface area contributed by atoms with E-state index in [-0.39, 0.29) is 30.8 Å². The van der Waals surface area contributed by atoms with Crippen molar-refractivity contribution in [2.75, 3.05) is 46.8 Å². The van der Waals surface area contributed by atoms with Crippen molar-refractivity contribution in [1.82, 2.24) is 10.6 Å². The summed E-state index contributed by atoms with van der Waals surface area (Å²) >= 11 is 3.51. The van der Waals surface area contributed by atoms with Gasteiger partial charge in [0.25, 0.3) is 0 Å². The SMILES string of the molecule is CN=C(NCCCOCC1CCOC1)NCc1cc(Br)c2c(c1)OCO2.I. The molecule has 9 heteroatoms. The van der Waals surface area contributed by atoms with Crippen molar-refractivity contribution in [1.29, 1.82) is 0 Å². The van der Waals surface area contributed by atoms with Crippen LogP contribution in [0.15, 0.2) is 21.6 Å². The summed E-state index contributed by atoms with van der Waals surface area (Å²) in [5, 5.41) is 6.61. The van der Waals surface area contributed by atoms with Crippen molar-refractivity contribution in [3.63, 3.8) is 0 Å². The van der Waals surface area contributed by atoms with Crippen LogP contribution in [-0.2, 0) is 16.0 Å². The van der Waals surface area contributed by atoms with Crippen molar-refractivity contribution < 1.29 is 18.9 Å². The standard InChI is InChI=1S/C18H26BrN3O4.HI/c1-20-18(21-4-2-5-23-10-13-3-6-24-11-13)22-9-14-7-15(19)17-16(8-14)25-12-26-17;/h7-8,13H,2-6,9-12H2,1H3,(H2,20,21,22);1H. The first-order valence-corrected chi connectivity index (χ1v) is 9.73. The highest BCUT2D eigenvalue weighted by molar-refractivity contribution is 14.0. The number of guanidine groups is 1. The number of hydrogen-bond donors (Lipinski definition) is 2. The van der Waals surface area contributed by atoms with Gasteiger partial charge in [-0.3, -0.25) is 4.99 Å². The molecule has 0 radical (unpaired) electrons. The van der Waals surface area contributed by atoms with Gasteiger partial charge < -0.3 is 29.6 Å². The highest BCUT2D eigenvalue weighted by atomic mass is 127. The van der Waals surface area contributed by atoms with Gasteiger partial charge in [0.15, 0.2) is 17.5 Å². The monoisotopic (exact) mass is 555 g/mol. The van der Waals surface area contributed by atoms with E-state index in [0.29, 0.717) is 12.5 Å². The second-order valence-electron chi connectivity index (χ2n) is 6.32. The Morgan fingerprint density at radius 1 is 1.33 bits per heavy atom. The van der Waals surface area contributed by atoms with Gasteiger partial charge in [-0.2, -0.15) is 0 Å². The lowest BCUT2D eigenvalue weighted by atomic mass is 10.1. The molecule has 2 N–H and O–H groups in total. The summed E-state index contributed by atoms with van der Waals surface area (Å²) in [6, 6.07) is 4.00. The third-order valence-electron chi connectivity index (χ3n) is 4.31. The Balaban J connectivity index is 0.00000261. The zero-order valence-corrected chi connectivity index (χ0v) is 19.4. The number of hydrogen-bond acceptors (Lipinski definition) is 5. The fourth-order valence-corrected chi connectivity index (χ4v) is 3.48. The second-order valence-corrected chi connectivity index (χ2v) is 7.18. The van der Waals surface area contributed by atoms with E-state index in [9.17, 15) is 0 Å². The van der Waals surface area contributed by atoms with Crippen LogP contribution in [0, 0.1) is 5.92 Å². The number of halogens is 2. The van der Waals surface area contributed by atoms with Crippen LogP contribution in [0.1, 0.15) is 18.4 Å². The third kappa shape index (κ3) is 6.95. The Kier molecular flexibility index (Phi) is 9.94. The quantitative estimate of drug-likeness (QED) is 0.222. The fraction of sp³-hybridized carbons (Fsp3) is 0.611. The summed E-state index contributed by atoms with van der Waals surface area (Å²) in [7, 11) is 1.77. The highest BCUT2D eigenvalue weighted by Crippen LogP contribution is 2.39. The van der Waals surface area contributed by atoms with Gasteiger partial charge in [0.05, 0.1) is 17.7 Å². The maximum Gasteiger partial charge on any atom is 0.231 e. The van der Waals surface area contributed by atoms with Crippen molar-refractivity contribution >= 4 is 45.9 Å². The van der Waals surface area contributed by atoms with Gasteiger partial charge in [-0.25, -0.2) is 0 Å². The maximum atomic E-state index is 5.71. The first-order chi connectivity index (χ1) is 12.8. The van der Waals surface area contributed by atoms with Crippen molar-refractivity contribution in [2.24, 2.45) is 10.9 Å². The largest absolute Gasteiger partial charge is 0.454 e. The molecule has 1 aromatic carbocycles. The lowest BCUT2D eigenvalue weighted by molar-refractivity contribution is 0.0888. The van der Waals surface area contributed by atoms with E-state index in [1.54, 1.807) is 7.05 Å². The number of nitrogens with one attached hydrogen (secondary N) is 2. The van der Waals surface area contributed by atoms with E-state index in [1.807, 2.05) is 12.1 Å². The molecule has 3 rings (SSSR count). The molecule has 1 unspecified atom stereocenters. The molecule has 7 nitrogen and oxygen atoms in total. The van der Waals surface area contributed by atoms with E-state index < -0.39 is 0 Å². The minimum Gasteiger partial charge on any atom is -0.454 e. The maximum absolute atomic E-state index is 5.71. The highest BCUT2D eigenvalue weighted by Gasteiger charge is 2.18.